The number of ether oxygens (including phenoxy) is 2. The van der Waals surface area contributed by atoms with Crippen LogP contribution in [0.4, 0.5) is 30.2 Å². The molecule has 0 saturated carbocycles. The molecule has 0 aliphatic rings. The summed E-state index contributed by atoms with van der Waals surface area (Å²) in [5.74, 6) is 1.44. The molecule has 3 aromatic carbocycles. The lowest BCUT2D eigenvalue weighted by atomic mass is 10.0. The molecular formula is C31H36F3N3O3. The predicted octanol–water partition coefficient (Wildman–Crippen LogP) is 8.23. The maximum Gasteiger partial charge on any atom is 0.573 e. The molecule has 0 aliphatic carbocycles. The van der Waals surface area contributed by atoms with Crippen LogP contribution in [-0.4, -0.2) is 26.9 Å². The van der Waals surface area contributed by atoms with Crippen LogP contribution in [0.2, 0.25) is 0 Å². The molecule has 0 heterocycles. The first-order valence-corrected chi connectivity index (χ1v) is 12.8. The average Bonchev–Trinajstić information content (AvgIpc) is 2.93. The third kappa shape index (κ3) is 10.8. The lowest BCUT2D eigenvalue weighted by Crippen LogP contribution is -2.21. The summed E-state index contributed by atoms with van der Waals surface area (Å²) in [4.78, 5) is 12.9. The zero-order valence-electron chi connectivity index (χ0n) is 23.3. The second kappa shape index (κ2) is 15.9. The number of alkyl halides is 3. The van der Waals surface area contributed by atoms with Gasteiger partial charge in [-0.3, -0.25) is 4.79 Å². The Hall–Kier alpha value is -4.40. The Morgan fingerprint density at radius 3 is 2.15 bits per heavy atom. The van der Waals surface area contributed by atoms with Crippen LogP contribution in [-0.2, 0) is 4.79 Å². The number of carbonyl (C=O) groups excluding carboxylic acids is 1. The third-order valence-corrected chi connectivity index (χ3v) is 5.56. The molecule has 3 rings (SSSR count). The van der Waals surface area contributed by atoms with Crippen LogP contribution in [0.5, 0.6) is 11.5 Å². The van der Waals surface area contributed by atoms with Gasteiger partial charge in [0.1, 0.15) is 5.75 Å². The van der Waals surface area contributed by atoms with Crippen molar-refractivity contribution in [3.63, 3.8) is 0 Å². The Morgan fingerprint density at radius 2 is 1.60 bits per heavy atom. The summed E-state index contributed by atoms with van der Waals surface area (Å²) in [6.07, 6.45) is 1.26. The Kier molecular flexibility index (Phi) is 12.6. The number of nitrogens with zero attached hydrogens (tertiary/aromatic N) is 1. The fourth-order valence-electron chi connectivity index (χ4n) is 3.49. The smallest absolute Gasteiger partial charge is 0.439 e. The van der Waals surface area contributed by atoms with Crippen molar-refractivity contribution >= 4 is 23.5 Å². The van der Waals surface area contributed by atoms with E-state index in [1.165, 1.54) is 29.8 Å². The van der Waals surface area contributed by atoms with Gasteiger partial charge < -0.3 is 25.0 Å². The summed E-state index contributed by atoms with van der Waals surface area (Å²) < 4.78 is 45.0. The number of rotatable bonds is 11. The summed E-state index contributed by atoms with van der Waals surface area (Å²) in [7, 11) is 3.65. The standard InChI is InChI=1S/C23H28N2O2.C8H8F3NO/c1-5-11-19(18(2)3)16-23(25(4)20-12-7-6-8-13-20)27-22-15-10-9-14-21(22)24-17-26;1-12-6-2-4-7(5-3-6)13-8(9,10)11/h6-18H,5H2,1-4H3,(H,24,26);2-5,12H,1H3/b19-11-,23-16+;. The highest BCUT2D eigenvalue weighted by atomic mass is 19.4. The third-order valence-electron chi connectivity index (χ3n) is 5.56. The number of nitrogens with one attached hydrogen (secondary N) is 2. The summed E-state index contributed by atoms with van der Waals surface area (Å²) in [6.45, 7) is 6.46. The highest BCUT2D eigenvalue weighted by Crippen LogP contribution is 2.29. The van der Waals surface area contributed by atoms with Crippen molar-refractivity contribution in [1.82, 2.24) is 0 Å². The Labute approximate surface area is 234 Å². The SMILES string of the molecule is CC/C=C(/C=C(/Oc1ccccc1NC=O)N(C)c1ccccc1)C(C)C.CNc1ccc(OC(F)(F)F)cc1. The molecule has 0 fully saturated rings. The molecule has 0 spiro atoms. The predicted molar refractivity (Wildman–Crippen MR) is 156 cm³/mol. The first-order chi connectivity index (χ1) is 19.1. The number of halogens is 3. The van der Waals surface area contributed by atoms with Gasteiger partial charge in [0, 0.05) is 31.5 Å². The van der Waals surface area contributed by atoms with Crippen molar-refractivity contribution in [1.29, 1.82) is 0 Å². The molecule has 2 N–H and O–H groups in total. The van der Waals surface area contributed by atoms with Gasteiger partial charge >= 0.3 is 6.36 Å². The molecule has 0 radical (unpaired) electrons. The van der Waals surface area contributed by atoms with Gasteiger partial charge in [-0.05, 0) is 66.4 Å². The highest BCUT2D eigenvalue weighted by molar-refractivity contribution is 5.75. The number of benzene rings is 3. The Balaban J connectivity index is 0.000000360. The first kappa shape index (κ1) is 31.8. The van der Waals surface area contributed by atoms with Gasteiger partial charge in [-0.15, -0.1) is 13.2 Å². The van der Waals surface area contributed by atoms with Crippen molar-refractivity contribution in [2.24, 2.45) is 5.92 Å². The second-order valence-electron chi connectivity index (χ2n) is 8.83. The van der Waals surface area contributed by atoms with Crippen LogP contribution in [0.15, 0.2) is 102 Å². The summed E-state index contributed by atoms with van der Waals surface area (Å²) >= 11 is 0. The first-order valence-electron chi connectivity index (χ1n) is 12.8. The minimum Gasteiger partial charge on any atom is -0.439 e. The van der Waals surface area contributed by atoms with Crippen molar-refractivity contribution in [3.8, 4) is 11.5 Å². The van der Waals surface area contributed by atoms with E-state index in [4.69, 9.17) is 4.74 Å². The molecule has 9 heteroatoms. The van der Waals surface area contributed by atoms with Crippen LogP contribution >= 0.6 is 0 Å². The van der Waals surface area contributed by atoms with E-state index in [1.807, 2.05) is 66.5 Å². The molecule has 3 aromatic rings. The maximum atomic E-state index is 11.7. The largest absolute Gasteiger partial charge is 0.573 e. The van der Waals surface area contributed by atoms with Crippen molar-refractivity contribution in [3.05, 3.63) is 102 Å². The van der Waals surface area contributed by atoms with E-state index in [1.54, 1.807) is 7.05 Å². The van der Waals surface area contributed by atoms with E-state index in [0.29, 0.717) is 29.6 Å². The summed E-state index contributed by atoms with van der Waals surface area (Å²) in [6, 6.07) is 23.0. The monoisotopic (exact) mass is 555 g/mol. The van der Waals surface area contributed by atoms with Gasteiger partial charge in [0.25, 0.3) is 0 Å². The normalized spacial score (nSPS) is 11.7. The molecule has 6 nitrogen and oxygen atoms in total. The zero-order chi connectivity index (χ0) is 29.5. The average molecular weight is 556 g/mol. The van der Waals surface area contributed by atoms with Crippen molar-refractivity contribution in [2.45, 2.75) is 33.6 Å². The summed E-state index contributed by atoms with van der Waals surface area (Å²) in [5.41, 5.74) is 3.58. The van der Waals surface area contributed by atoms with Crippen LogP contribution in [0.3, 0.4) is 0 Å². The number of carbonyl (C=O) groups is 1. The van der Waals surface area contributed by atoms with Crippen LogP contribution in [0, 0.1) is 5.92 Å². The van der Waals surface area contributed by atoms with Gasteiger partial charge in [-0.25, -0.2) is 0 Å². The van der Waals surface area contributed by atoms with E-state index in [-0.39, 0.29) is 5.75 Å². The molecule has 40 heavy (non-hydrogen) atoms. The molecule has 1 amide bonds. The number of anilines is 3. The molecule has 0 aliphatic heterocycles. The minimum absolute atomic E-state index is 0.216. The van der Waals surface area contributed by atoms with Gasteiger partial charge in [0.15, 0.2) is 5.75 Å². The molecular weight excluding hydrogens is 519 g/mol. The molecule has 0 atom stereocenters. The highest BCUT2D eigenvalue weighted by Gasteiger charge is 2.30. The van der Waals surface area contributed by atoms with Crippen LogP contribution in [0.25, 0.3) is 0 Å². The van der Waals surface area contributed by atoms with Gasteiger partial charge in [0.05, 0.1) is 5.69 Å². The zero-order valence-corrected chi connectivity index (χ0v) is 23.3. The fourth-order valence-corrected chi connectivity index (χ4v) is 3.49. The number of allylic oxidation sites excluding steroid dienone is 3. The van der Waals surface area contributed by atoms with Gasteiger partial charge in [-0.1, -0.05) is 57.2 Å². The molecule has 0 aromatic heterocycles. The van der Waals surface area contributed by atoms with Gasteiger partial charge in [-0.2, -0.15) is 0 Å². The number of amides is 1. The van der Waals surface area contributed by atoms with Crippen molar-refractivity contribution < 1.29 is 27.4 Å². The number of hydrogen-bond donors (Lipinski definition) is 2. The van der Waals surface area contributed by atoms with E-state index in [9.17, 15) is 18.0 Å². The summed E-state index contributed by atoms with van der Waals surface area (Å²) in [5, 5.41) is 5.48. The molecule has 0 bridgehead atoms. The van der Waals surface area contributed by atoms with E-state index in [2.05, 4.69) is 48.3 Å². The van der Waals surface area contributed by atoms with E-state index >= 15 is 0 Å². The number of para-hydroxylation sites is 3. The lowest BCUT2D eigenvalue weighted by Gasteiger charge is -2.24. The molecule has 214 valence electrons. The minimum atomic E-state index is -4.62. The molecule has 0 saturated heterocycles. The Bertz CT molecular complexity index is 1240. The maximum absolute atomic E-state index is 11.7. The topological polar surface area (TPSA) is 62.8 Å². The lowest BCUT2D eigenvalue weighted by molar-refractivity contribution is -0.274. The fraction of sp³-hybridized carbons (Fsp3) is 0.258. The number of hydrogen-bond acceptors (Lipinski definition) is 5. The quantitative estimate of drug-likeness (QED) is 0.142. The van der Waals surface area contributed by atoms with Crippen molar-refractivity contribution in [2.75, 3.05) is 29.6 Å². The second-order valence-corrected chi connectivity index (χ2v) is 8.83. The van der Waals surface area contributed by atoms with Crippen LogP contribution < -0.4 is 25.0 Å². The van der Waals surface area contributed by atoms with E-state index in [0.717, 1.165) is 17.8 Å². The van der Waals surface area contributed by atoms with E-state index < -0.39 is 6.36 Å². The van der Waals surface area contributed by atoms with Crippen LogP contribution in [0.1, 0.15) is 27.2 Å². The molecule has 0 unspecified atom stereocenters. The Morgan fingerprint density at radius 1 is 0.975 bits per heavy atom. The van der Waals surface area contributed by atoms with Gasteiger partial charge in [0.2, 0.25) is 12.3 Å².